The Balaban J connectivity index is 1.58. The molecule has 4 rings (SSSR count). The number of carbonyl (C=O) groups excluding carboxylic acids is 3. The number of aliphatic carboxylic acids is 1. The zero-order chi connectivity index (χ0) is 33.2. The van der Waals surface area contributed by atoms with Crippen molar-refractivity contribution in [3.8, 4) is 0 Å². The molecule has 4 aromatic rings. The summed E-state index contributed by atoms with van der Waals surface area (Å²) in [5.41, 5.74) is 15.0. The lowest BCUT2D eigenvalue weighted by Gasteiger charge is -2.26. The maximum Gasteiger partial charge on any atom is 0.326 e. The lowest BCUT2D eigenvalue weighted by molar-refractivity contribution is -0.142. The number of fused-ring (bicyclic) bond motifs is 2. The molecule has 2 aromatic heterocycles. The Bertz CT molecular complexity index is 1650. The summed E-state index contributed by atoms with van der Waals surface area (Å²) in [5, 5.41) is 20.1. The molecule has 0 radical (unpaired) electrons. The molecular weight excluding hydrogens is 586 g/mol. The fourth-order valence-corrected chi connectivity index (χ4v) is 5.54. The zero-order valence-electron chi connectivity index (χ0n) is 26.3. The molecule has 0 saturated carbocycles. The summed E-state index contributed by atoms with van der Waals surface area (Å²) in [5.74, 6) is -2.98. The highest BCUT2D eigenvalue weighted by molar-refractivity contribution is 5.95. The first-order chi connectivity index (χ1) is 22.1. The van der Waals surface area contributed by atoms with Gasteiger partial charge in [0.1, 0.15) is 18.1 Å². The summed E-state index contributed by atoms with van der Waals surface area (Å²) in [6.45, 7) is 4.22. The number of hydrogen-bond donors (Lipinski definition) is 8. The number of rotatable bonds is 17. The van der Waals surface area contributed by atoms with Gasteiger partial charge in [0.05, 0.1) is 6.04 Å². The van der Waals surface area contributed by atoms with Gasteiger partial charge < -0.3 is 42.5 Å². The van der Waals surface area contributed by atoms with E-state index in [4.69, 9.17) is 11.5 Å². The Morgan fingerprint density at radius 3 is 1.80 bits per heavy atom. The number of amides is 3. The molecule has 0 saturated heterocycles. The van der Waals surface area contributed by atoms with E-state index >= 15 is 0 Å². The minimum Gasteiger partial charge on any atom is -0.480 e. The fourth-order valence-electron chi connectivity index (χ4n) is 5.54. The second kappa shape index (κ2) is 16.1. The first kappa shape index (κ1) is 34.2. The predicted molar refractivity (Wildman–Crippen MR) is 178 cm³/mol. The van der Waals surface area contributed by atoms with E-state index in [-0.39, 0.29) is 18.8 Å². The number of para-hydroxylation sites is 2. The van der Waals surface area contributed by atoms with Crippen LogP contribution in [-0.2, 0) is 32.0 Å². The number of aromatic amines is 2. The standard InChI is InChI=1S/C34H45N7O5/c1-3-20(2)30(36)33(44)39-27(14-8-9-15-35)31(42)40-28(16-21-18-37-25-12-6-4-10-23(21)25)32(43)41-29(34(45)46)17-22-19-38-26-13-7-5-11-24(22)26/h4-7,10-13,18-20,27-30,37-38H,3,8-9,14-17,35-36H2,1-2H3,(H,39,44)(H,40,42)(H,41,43)(H,45,46). The van der Waals surface area contributed by atoms with Gasteiger partial charge in [-0.2, -0.15) is 0 Å². The maximum atomic E-state index is 13.9. The third-order valence-corrected chi connectivity index (χ3v) is 8.59. The Morgan fingerprint density at radius 1 is 0.761 bits per heavy atom. The van der Waals surface area contributed by atoms with Crippen LogP contribution in [-0.4, -0.2) is 69.5 Å². The lowest BCUT2D eigenvalue weighted by atomic mass is 9.98. The van der Waals surface area contributed by atoms with Gasteiger partial charge in [-0.3, -0.25) is 14.4 Å². The van der Waals surface area contributed by atoms with Gasteiger partial charge >= 0.3 is 5.97 Å². The van der Waals surface area contributed by atoms with E-state index in [1.165, 1.54) is 0 Å². The number of hydrogen-bond acceptors (Lipinski definition) is 6. The zero-order valence-corrected chi connectivity index (χ0v) is 26.3. The molecular formula is C34H45N7O5. The Kier molecular flexibility index (Phi) is 11.9. The van der Waals surface area contributed by atoms with E-state index in [9.17, 15) is 24.3 Å². The van der Waals surface area contributed by atoms with E-state index in [1.54, 1.807) is 12.4 Å². The summed E-state index contributed by atoms with van der Waals surface area (Å²) in [7, 11) is 0. The van der Waals surface area contributed by atoms with Crippen molar-refractivity contribution in [2.24, 2.45) is 17.4 Å². The molecule has 12 nitrogen and oxygen atoms in total. The predicted octanol–water partition coefficient (Wildman–Crippen LogP) is 2.48. The molecule has 5 atom stereocenters. The third kappa shape index (κ3) is 8.52. The molecule has 0 bridgehead atoms. The van der Waals surface area contributed by atoms with Crippen molar-refractivity contribution in [1.29, 1.82) is 0 Å². The molecule has 5 unspecified atom stereocenters. The highest BCUT2D eigenvalue weighted by Gasteiger charge is 2.32. The molecule has 0 aliphatic rings. The smallest absolute Gasteiger partial charge is 0.326 e. The van der Waals surface area contributed by atoms with Crippen molar-refractivity contribution >= 4 is 45.5 Å². The van der Waals surface area contributed by atoms with Crippen LogP contribution in [0, 0.1) is 5.92 Å². The third-order valence-electron chi connectivity index (χ3n) is 8.59. The van der Waals surface area contributed by atoms with E-state index in [0.717, 1.165) is 32.9 Å². The van der Waals surface area contributed by atoms with Gasteiger partial charge in [-0.15, -0.1) is 0 Å². The van der Waals surface area contributed by atoms with Crippen molar-refractivity contribution < 1.29 is 24.3 Å². The number of carboxylic acid groups (broad SMARTS) is 1. The van der Waals surface area contributed by atoms with Gasteiger partial charge in [-0.1, -0.05) is 56.7 Å². The van der Waals surface area contributed by atoms with Gasteiger partial charge in [-0.05, 0) is 55.0 Å². The van der Waals surface area contributed by atoms with Crippen molar-refractivity contribution in [3.05, 3.63) is 72.1 Å². The molecule has 10 N–H and O–H groups in total. The van der Waals surface area contributed by atoms with E-state index in [0.29, 0.717) is 32.2 Å². The highest BCUT2D eigenvalue weighted by atomic mass is 16.4. The number of nitrogens with two attached hydrogens (primary N) is 2. The molecule has 0 aliphatic carbocycles. The van der Waals surface area contributed by atoms with E-state index in [1.807, 2.05) is 62.4 Å². The van der Waals surface area contributed by atoms with E-state index < -0.39 is 47.9 Å². The van der Waals surface area contributed by atoms with Crippen LogP contribution in [0.15, 0.2) is 60.9 Å². The molecule has 2 heterocycles. The Labute approximate surface area is 268 Å². The van der Waals surface area contributed by atoms with E-state index in [2.05, 4.69) is 25.9 Å². The normalized spacial score (nSPS) is 14.7. The maximum absolute atomic E-state index is 13.9. The molecule has 3 amide bonds. The van der Waals surface area contributed by atoms with Crippen LogP contribution in [0.1, 0.15) is 50.7 Å². The summed E-state index contributed by atoms with van der Waals surface area (Å²) < 4.78 is 0. The van der Waals surface area contributed by atoms with Crippen molar-refractivity contribution in [2.75, 3.05) is 6.54 Å². The number of H-pyrrole nitrogens is 2. The van der Waals surface area contributed by atoms with Crippen molar-refractivity contribution in [3.63, 3.8) is 0 Å². The monoisotopic (exact) mass is 631 g/mol. The first-order valence-electron chi connectivity index (χ1n) is 15.8. The van der Waals surface area contributed by atoms with Crippen LogP contribution in [0.5, 0.6) is 0 Å². The van der Waals surface area contributed by atoms with Crippen LogP contribution in [0.25, 0.3) is 21.8 Å². The summed E-state index contributed by atoms with van der Waals surface area (Å²) in [6.07, 6.45) is 5.81. The lowest BCUT2D eigenvalue weighted by Crippen LogP contribution is -2.58. The highest BCUT2D eigenvalue weighted by Crippen LogP contribution is 2.21. The quantitative estimate of drug-likeness (QED) is 0.0816. The second-order valence-electron chi connectivity index (χ2n) is 11.8. The van der Waals surface area contributed by atoms with Crippen molar-refractivity contribution in [2.45, 2.75) is 76.5 Å². The topological polar surface area (TPSA) is 208 Å². The number of carboxylic acids is 1. The SMILES string of the molecule is CCC(C)C(N)C(=O)NC(CCCCN)C(=O)NC(Cc1c[nH]c2ccccc12)C(=O)NC(Cc1c[nH]c2ccccc12)C(=O)O. The molecule has 46 heavy (non-hydrogen) atoms. The van der Waals surface area contributed by atoms with Crippen molar-refractivity contribution in [1.82, 2.24) is 25.9 Å². The average molecular weight is 632 g/mol. The fraction of sp³-hybridized carbons (Fsp3) is 0.412. The van der Waals surface area contributed by atoms with Crippen LogP contribution >= 0.6 is 0 Å². The van der Waals surface area contributed by atoms with Crippen LogP contribution < -0.4 is 27.4 Å². The van der Waals surface area contributed by atoms with Gasteiger partial charge in [-0.25, -0.2) is 4.79 Å². The summed E-state index contributed by atoms with van der Waals surface area (Å²) in [6, 6.07) is 10.9. The number of nitrogens with one attached hydrogen (secondary N) is 5. The number of benzene rings is 2. The summed E-state index contributed by atoms with van der Waals surface area (Å²) in [4.78, 5) is 59.3. The van der Waals surface area contributed by atoms with Gasteiger partial charge in [0.15, 0.2) is 0 Å². The first-order valence-corrected chi connectivity index (χ1v) is 15.8. The molecule has 0 aliphatic heterocycles. The molecule has 0 spiro atoms. The molecule has 2 aromatic carbocycles. The molecule has 246 valence electrons. The van der Waals surface area contributed by atoms with Gasteiger partial charge in [0, 0.05) is 47.0 Å². The largest absolute Gasteiger partial charge is 0.480 e. The van der Waals surface area contributed by atoms with Gasteiger partial charge in [0.2, 0.25) is 17.7 Å². The number of carbonyl (C=O) groups is 4. The van der Waals surface area contributed by atoms with Crippen LogP contribution in [0.2, 0.25) is 0 Å². The molecule has 0 fully saturated rings. The minimum absolute atomic E-state index is 0.0319. The Hall–Kier alpha value is -4.68. The van der Waals surface area contributed by atoms with Gasteiger partial charge in [0.25, 0.3) is 0 Å². The average Bonchev–Trinajstić information content (AvgIpc) is 3.66. The number of aromatic nitrogens is 2. The minimum atomic E-state index is -1.26. The Morgan fingerprint density at radius 2 is 1.26 bits per heavy atom. The second-order valence-corrected chi connectivity index (χ2v) is 11.8. The van der Waals surface area contributed by atoms with Crippen LogP contribution in [0.4, 0.5) is 0 Å². The molecule has 12 heteroatoms. The number of unbranched alkanes of at least 4 members (excludes halogenated alkanes) is 1. The van der Waals surface area contributed by atoms with Crippen LogP contribution in [0.3, 0.4) is 0 Å². The summed E-state index contributed by atoms with van der Waals surface area (Å²) >= 11 is 0.